The van der Waals surface area contributed by atoms with Crippen molar-refractivity contribution in [1.82, 2.24) is 15.2 Å². The number of aromatic amines is 1. The number of ether oxygens (including phenoxy) is 1. The Morgan fingerprint density at radius 1 is 1.33 bits per heavy atom. The van der Waals surface area contributed by atoms with E-state index >= 15 is 0 Å². The highest BCUT2D eigenvalue weighted by atomic mass is 16.5. The van der Waals surface area contributed by atoms with Gasteiger partial charge in [-0.3, -0.25) is 10.1 Å². The molecule has 0 radical (unpaired) electrons. The molecule has 4 nitrogen and oxygen atoms in total. The molecule has 0 bridgehead atoms. The lowest BCUT2D eigenvalue weighted by molar-refractivity contribution is 0.0848. The highest BCUT2D eigenvalue weighted by molar-refractivity contribution is 5.80. The largest absolute Gasteiger partial charge is 0.381 e. The number of aromatic nitrogens is 3. The van der Waals surface area contributed by atoms with E-state index in [0.717, 1.165) is 42.7 Å². The van der Waals surface area contributed by atoms with Gasteiger partial charge in [-0.05, 0) is 18.9 Å². The van der Waals surface area contributed by atoms with Gasteiger partial charge in [0.25, 0.3) is 0 Å². The van der Waals surface area contributed by atoms with Crippen molar-refractivity contribution in [1.29, 1.82) is 0 Å². The summed E-state index contributed by atoms with van der Waals surface area (Å²) in [5.41, 5.74) is 2.23. The molecule has 1 fully saturated rings. The summed E-state index contributed by atoms with van der Waals surface area (Å²) in [6.07, 6.45) is 5.83. The summed E-state index contributed by atoms with van der Waals surface area (Å²) in [6, 6.07) is 1.99. The molecule has 0 amide bonds. The second-order valence-corrected chi connectivity index (χ2v) is 3.92. The van der Waals surface area contributed by atoms with E-state index in [1.165, 1.54) is 0 Å². The highest BCUT2D eigenvalue weighted by Crippen LogP contribution is 2.29. The van der Waals surface area contributed by atoms with Crippen molar-refractivity contribution in [2.75, 3.05) is 13.2 Å². The van der Waals surface area contributed by atoms with E-state index in [-0.39, 0.29) is 0 Å². The summed E-state index contributed by atoms with van der Waals surface area (Å²) in [7, 11) is 0. The fraction of sp³-hybridized carbons (Fsp3) is 0.455. The molecule has 0 atom stereocenters. The number of nitrogens with one attached hydrogen (secondary N) is 1. The molecule has 1 aliphatic heterocycles. The van der Waals surface area contributed by atoms with Crippen LogP contribution >= 0.6 is 0 Å². The number of nitrogens with zero attached hydrogens (tertiary/aromatic N) is 2. The summed E-state index contributed by atoms with van der Waals surface area (Å²) < 4.78 is 5.36. The van der Waals surface area contributed by atoms with Crippen LogP contribution in [-0.4, -0.2) is 28.4 Å². The van der Waals surface area contributed by atoms with Crippen LogP contribution in [0.25, 0.3) is 10.9 Å². The minimum atomic E-state index is 0.517. The number of hydrogen-bond acceptors (Lipinski definition) is 3. The van der Waals surface area contributed by atoms with Crippen LogP contribution in [0.3, 0.4) is 0 Å². The molecule has 2 aromatic rings. The highest BCUT2D eigenvalue weighted by Gasteiger charge is 2.19. The van der Waals surface area contributed by atoms with Crippen LogP contribution in [0.1, 0.15) is 24.5 Å². The van der Waals surface area contributed by atoms with Gasteiger partial charge in [0.05, 0.1) is 17.4 Å². The molecule has 78 valence electrons. The first kappa shape index (κ1) is 8.85. The Kier molecular flexibility index (Phi) is 2.14. The minimum absolute atomic E-state index is 0.517. The van der Waals surface area contributed by atoms with Gasteiger partial charge in [0.1, 0.15) is 0 Å². The van der Waals surface area contributed by atoms with Crippen molar-refractivity contribution in [2.45, 2.75) is 18.8 Å². The summed E-state index contributed by atoms with van der Waals surface area (Å²) in [6.45, 7) is 1.69. The van der Waals surface area contributed by atoms with E-state index in [2.05, 4.69) is 15.2 Å². The molecule has 0 spiro atoms. The lowest BCUT2D eigenvalue weighted by Gasteiger charge is -2.21. The Morgan fingerprint density at radius 2 is 2.20 bits per heavy atom. The third-order valence-corrected chi connectivity index (χ3v) is 3.00. The van der Waals surface area contributed by atoms with Gasteiger partial charge in [-0.1, -0.05) is 0 Å². The van der Waals surface area contributed by atoms with E-state index in [4.69, 9.17) is 4.74 Å². The topological polar surface area (TPSA) is 50.8 Å². The second kappa shape index (κ2) is 3.62. The van der Waals surface area contributed by atoms with Gasteiger partial charge in [-0.25, -0.2) is 0 Å². The summed E-state index contributed by atoms with van der Waals surface area (Å²) in [5.74, 6) is 0.517. The van der Waals surface area contributed by atoms with Crippen molar-refractivity contribution < 1.29 is 4.74 Å². The predicted molar refractivity (Wildman–Crippen MR) is 56.7 cm³/mol. The zero-order valence-electron chi connectivity index (χ0n) is 8.44. The van der Waals surface area contributed by atoms with Crippen molar-refractivity contribution in [3.8, 4) is 0 Å². The molecule has 0 aliphatic carbocycles. The first-order valence-corrected chi connectivity index (χ1v) is 5.31. The van der Waals surface area contributed by atoms with Crippen molar-refractivity contribution in [2.24, 2.45) is 0 Å². The molecule has 2 aromatic heterocycles. The lowest BCUT2D eigenvalue weighted by atomic mass is 9.95. The van der Waals surface area contributed by atoms with Gasteiger partial charge in [0.15, 0.2) is 0 Å². The lowest BCUT2D eigenvalue weighted by Crippen LogP contribution is -2.15. The van der Waals surface area contributed by atoms with Crippen LogP contribution in [0.2, 0.25) is 0 Å². The SMILES string of the molecule is c1cc2cn[nH]c2c(C2CCOCC2)n1. The maximum Gasteiger partial charge on any atom is 0.0868 e. The Hall–Kier alpha value is -1.42. The Labute approximate surface area is 87.7 Å². The molecule has 15 heavy (non-hydrogen) atoms. The predicted octanol–water partition coefficient (Wildman–Crippen LogP) is 1.85. The summed E-state index contributed by atoms with van der Waals surface area (Å²) >= 11 is 0. The van der Waals surface area contributed by atoms with E-state index in [0.29, 0.717) is 5.92 Å². The standard InChI is InChI=1S/C11H13N3O/c1-4-12-10(8-2-5-15-6-3-8)11-9(1)7-13-14-11/h1,4,7-8H,2-3,5-6H2,(H,13,14). The number of rotatable bonds is 1. The average Bonchev–Trinajstić information content (AvgIpc) is 2.78. The van der Waals surface area contributed by atoms with Gasteiger partial charge in [-0.2, -0.15) is 5.10 Å². The molecule has 3 heterocycles. The van der Waals surface area contributed by atoms with Gasteiger partial charge in [0.2, 0.25) is 0 Å². The van der Waals surface area contributed by atoms with Gasteiger partial charge in [0, 0.05) is 30.7 Å². The van der Waals surface area contributed by atoms with Crippen LogP contribution in [0.5, 0.6) is 0 Å². The smallest absolute Gasteiger partial charge is 0.0868 e. The molecule has 4 heteroatoms. The molecule has 1 saturated heterocycles. The van der Waals surface area contributed by atoms with Crippen molar-refractivity contribution in [3.63, 3.8) is 0 Å². The van der Waals surface area contributed by atoms with Crippen LogP contribution in [0.4, 0.5) is 0 Å². The number of hydrogen-bond donors (Lipinski definition) is 1. The summed E-state index contributed by atoms with van der Waals surface area (Å²) in [4.78, 5) is 4.48. The first-order valence-electron chi connectivity index (χ1n) is 5.31. The van der Waals surface area contributed by atoms with E-state index in [9.17, 15) is 0 Å². The van der Waals surface area contributed by atoms with Gasteiger partial charge < -0.3 is 4.74 Å². The Balaban J connectivity index is 2.05. The number of fused-ring (bicyclic) bond motifs is 1. The minimum Gasteiger partial charge on any atom is -0.381 e. The van der Waals surface area contributed by atoms with E-state index in [1.807, 2.05) is 18.5 Å². The molecule has 0 saturated carbocycles. The quantitative estimate of drug-likeness (QED) is 0.769. The molecule has 0 aromatic carbocycles. The maximum atomic E-state index is 5.36. The monoisotopic (exact) mass is 203 g/mol. The average molecular weight is 203 g/mol. The van der Waals surface area contributed by atoms with Crippen LogP contribution in [0, 0.1) is 0 Å². The molecule has 3 rings (SSSR count). The second-order valence-electron chi connectivity index (χ2n) is 3.92. The first-order chi connectivity index (χ1) is 7.45. The van der Waals surface area contributed by atoms with E-state index in [1.54, 1.807) is 0 Å². The zero-order valence-corrected chi connectivity index (χ0v) is 8.44. The zero-order chi connectivity index (χ0) is 10.1. The Morgan fingerprint density at radius 3 is 3.07 bits per heavy atom. The van der Waals surface area contributed by atoms with Crippen LogP contribution in [-0.2, 0) is 4.74 Å². The maximum absolute atomic E-state index is 5.36. The molecular formula is C11H13N3O. The number of pyridine rings is 1. The fourth-order valence-electron chi connectivity index (χ4n) is 2.17. The van der Waals surface area contributed by atoms with E-state index < -0.39 is 0 Å². The third-order valence-electron chi connectivity index (χ3n) is 3.00. The van der Waals surface area contributed by atoms with Crippen molar-refractivity contribution >= 4 is 10.9 Å². The van der Waals surface area contributed by atoms with Crippen molar-refractivity contribution in [3.05, 3.63) is 24.2 Å². The third kappa shape index (κ3) is 1.51. The molecule has 1 aliphatic rings. The molecule has 0 unspecified atom stereocenters. The Bertz CT molecular complexity index is 460. The van der Waals surface area contributed by atoms with Gasteiger partial charge >= 0.3 is 0 Å². The number of H-pyrrole nitrogens is 1. The van der Waals surface area contributed by atoms with Gasteiger partial charge in [-0.15, -0.1) is 0 Å². The summed E-state index contributed by atoms with van der Waals surface area (Å²) in [5, 5.41) is 8.24. The van der Waals surface area contributed by atoms with Crippen LogP contribution < -0.4 is 0 Å². The molecular weight excluding hydrogens is 190 g/mol. The fourth-order valence-corrected chi connectivity index (χ4v) is 2.17. The molecule has 1 N–H and O–H groups in total. The normalized spacial score (nSPS) is 18.4. The van der Waals surface area contributed by atoms with Crippen LogP contribution in [0.15, 0.2) is 18.5 Å².